The van der Waals surface area contributed by atoms with Gasteiger partial charge in [0.25, 0.3) is 0 Å². The third-order valence-electron chi connectivity index (χ3n) is 7.51. The van der Waals surface area contributed by atoms with Crippen molar-refractivity contribution in [3.05, 3.63) is 83.0 Å². The highest BCUT2D eigenvalue weighted by Gasteiger charge is 2.28. The van der Waals surface area contributed by atoms with E-state index in [0.717, 1.165) is 58.0 Å². The molecule has 2 aromatic carbocycles. The van der Waals surface area contributed by atoms with E-state index in [2.05, 4.69) is 59.4 Å². The van der Waals surface area contributed by atoms with Gasteiger partial charge in [-0.2, -0.15) is 0 Å². The fourth-order valence-corrected chi connectivity index (χ4v) is 5.17. The van der Waals surface area contributed by atoms with Crippen molar-refractivity contribution < 1.29 is 0 Å². The molecule has 2 saturated carbocycles. The second-order valence-corrected chi connectivity index (χ2v) is 10.5. The summed E-state index contributed by atoms with van der Waals surface area (Å²) in [5.74, 6) is 2.06. The van der Waals surface area contributed by atoms with Crippen molar-refractivity contribution in [3.8, 4) is 33.9 Å². The number of hydrogen-bond donors (Lipinski definition) is 1. The van der Waals surface area contributed by atoms with Gasteiger partial charge in [0.1, 0.15) is 5.82 Å². The molecule has 36 heavy (non-hydrogen) atoms. The fraction of sp³-hybridized carbons (Fsp3) is 0.300. The summed E-state index contributed by atoms with van der Waals surface area (Å²) >= 11 is 0. The van der Waals surface area contributed by atoms with Crippen LogP contribution in [0.3, 0.4) is 0 Å². The molecular formula is C30H29N5O. The molecule has 0 unspecified atom stereocenters. The first kappa shape index (κ1) is 21.4. The largest absolute Gasteiger partial charge is 0.337 e. The number of nitrogens with zero attached hydrogens (tertiary/aromatic N) is 4. The molecule has 0 spiro atoms. The lowest BCUT2D eigenvalue weighted by Gasteiger charge is -2.07. The van der Waals surface area contributed by atoms with E-state index in [1.54, 1.807) is 6.20 Å². The highest BCUT2D eigenvalue weighted by atomic mass is 16.1. The number of hydrogen-bond acceptors (Lipinski definition) is 3. The third kappa shape index (κ3) is 3.87. The molecule has 0 aliphatic heterocycles. The Labute approximate surface area is 209 Å². The van der Waals surface area contributed by atoms with Crippen molar-refractivity contribution >= 4 is 11.0 Å². The molecule has 7 rings (SSSR count). The molecule has 1 N–H and O–H groups in total. The van der Waals surface area contributed by atoms with Gasteiger partial charge in [-0.05, 0) is 74.8 Å². The second kappa shape index (κ2) is 8.33. The SMILES string of the molecule is Cc1cccc(-c2nc(-c3cccnc3)[nH]c2-c2ccc3c(c2)n(CC2CC2)c(=O)n3CC2CC2)c1. The first-order valence-electron chi connectivity index (χ1n) is 12.9. The van der Waals surface area contributed by atoms with Gasteiger partial charge >= 0.3 is 5.69 Å². The Morgan fingerprint density at radius 2 is 1.61 bits per heavy atom. The van der Waals surface area contributed by atoms with Crippen LogP contribution in [0, 0.1) is 18.8 Å². The summed E-state index contributed by atoms with van der Waals surface area (Å²) in [6, 6.07) is 18.8. The first-order chi connectivity index (χ1) is 17.6. The smallest absolute Gasteiger partial charge is 0.329 e. The van der Waals surface area contributed by atoms with E-state index >= 15 is 0 Å². The minimum atomic E-state index is 0.139. The van der Waals surface area contributed by atoms with E-state index in [0.29, 0.717) is 11.8 Å². The Hall–Kier alpha value is -3.93. The molecule has 0 atom stereocenters. The van der Waals surface area contributed by atoms with Crippen LogP contribution in [0.2, 0.25) is 0 Å². The quantitative estimate of drug-likeness (QED) is 0.312. The Kier molecular flexibility index (Phi) is 4.94. The zero-order valence-corrected chi connectivity index (χ0v) is 20.4. The predicted octanol–water partition coefficient (Wildman–Crippen LogP) is 6.05. The first-order valence-corrected chi connectivity index (χ1v) is 12.9. The summed E-state index contributed by atoms with van der Waals surface area (Å²) < 4.78 is 4.03. The normalized spacial score (nSPS) is 15.6. The van der Waals surface area contributed by atoms with Gasteiger partial charge < -0.3 is 4.98 Å². The van der Waals surface area contributed by atoms with Crippen molar-refractivity contribution in [1.82, 2.24) is 24.1 Å². The number of rotatable bonds is 7. The lowest BCUT2D eigenvalue weighted by Crippen LogP contribution is -2.25. The van der Waals surface area contributed by atoms with Gasteiger partial charge in [-0.25, -0.2) is 9.78 Å². The van der Waals surface area contributed by atoms with Crippen LogP contribution in [0.5, 0.6) is 0 Å². The summed E-state index contributed by atoms with van der Waals surface area (Å²) in [5, 5.41) is 0. The average molecular weight is 476 g/mol. The number of nitrogens with one attached hydrogen (secondary N) is 1. The van der Waals surface area contributed by atoms with Crippen LogP contribution >= 0.6 is 0 Å². The van der Waals surface area contributed by atoms with Crippen LogP contribution in [-0.4, -0.2) is 24.1 Å². The molecule has 0 radical (unpaired) electrons. The second-order valence-electron chi connectivity index (χ2n) is 10.5. The lowest BCUT2D eigenvalue weighted by molar-refractivity contribution is 0.565. The fourth-order valence-electron chi connectivity index (χ4n) is 5.17. The Bertz CT molecular complexity index is 1630. The van der Waals surface area contributed by atoms with Crippen LogP contribution in [-0.2, 0) is 13.1 Å². The summed E-state index contributed by atoms with van der Waals surface area (Å²) in [7, 11) is 0. The van der Waals surface area contributed by atoms with E-state index in [-0.39, 0.29) is 5.69 Å². The molecule has 0 saturated heterocycles. The number of pyridine rings is 1. The minimum Gasteiger partial charge on any atom is -0.337 e. The van der Waals surface area contributed by atoms with E-state index < -0.39 is 0 Å². The van der Waals surface area contributed by atoms with E-state index in [1.165, 1.54) is 31.2 Å². The number of aromatic nitrogens is 5. The number of H-pyrrole nitrogens is 1. The molecule has 2 aliphatic carbocycles. The van der Waals surface area contributed by atoms with Crippen molar-refractivity contribution in [1.29, 1.82) is 0 Å². The maximum absolute atomic E-state index is 13.5. The highest BCUT2D eigenvalue weighted by molar-refractivity contribution is 5.87. The number of imidazole rings is 2. The van der Waals surface area contributed by atoms with Crippen molar-refractivity contribution in [2.24, 2.45) is 11.8 Å². The molecule has 2 fully saturated rings. The van der Waals surface area contributed by atoms with Crippen LogP contribution in [0.15, 0.2) is 71.8 Å². The topological polar surface area (TPSA) is 68.5 Å². The number of aromatic amines is 1. The third-order valence-corrected chi connectivity index (χ3v) is 7.51. The molecule has 180 valence electrons. The van der Waals surface area contributed by atoms with Gasteiger partial charge in [0.05, 0.1) is 22.4 Å². The predicted molar refractivity (Wildman–Crippen MR) is 143 cm³/mol. The van der Waals surface area contributed by atoms with Crippen LogP contribution < -0.4 is 5.69 Å². The monoisotopic (exact) mass is 475 g/mol. The molecule has 0 amide bonds. The number of benzene rings is 2. The Balaban J connectivity index is 1.41. The molecule has 3 heterocycles. The maximum atomic E-state index is 13.5. The van der Waals surface area contributed by atoms with E-state index in [9.17, 15) is 4.79 Å². The lowest BCUT2D eigenvalue weighted by atomic mass is 10.0. The molecule has 0 bridgehead atoms. The van der Waals surface area contributed by atoms with Gasteiger partial charge in [-0.15, -0.1) is 0 Å². The minimum absolute atomic E-state index is 0.139. The zero-order valence-electron chi connectivity index (χ0n) is 20.4. The van der Waals surface area contributed by atoms with Crippen molar-refractivity contribution in [2.75, 3.05) is 0 Å². The van der Waals surface area contributed by atoms with Crippen LogP contribution in [0.1, 0.15) is 31.2 Å². The van der Waals surface area contributed by atoms with E-state index in [1.807, 2.05) is 27.5 Å². The van der Waals surface area contributed by atoms with Crippen LogP contribution in [0.4, 0.5) is 0 Å². The standard InChI is InChI=1S/C30H29N5O/c1-19-4-2-5-22(14-19)27-28(33-29(32-27)24-6-3-13-31-16-24)23-11-12-25-26(15-23)35(18-21-9-10-21)30(36)34(25)17-20-7-8-20/h2-6,11-16,20-21H,7-10,17-18H2,1H3,(H,32,33). The van der Waals surface area contributed by atoms with Gasteiger partial charge in [0.15, 0.2) is 0 Å². The maximum Gasteiger partial charge on any atom is 0.329 e. The van der Waals surface area contributed by atoms with Crippen molar-refractivity contribution in [3.63, 3.8) is 0 Å². The summed E-state index contributed by atoms with van der Waals surface area (Å²) in [6.45, 7) is 3.74. The molecule has 2 aliphatic rings. The molecule has 5 aromatic rings. The zero-order chi connectivity index (χ0) is 24.2. The summed E-state index contributed by atoms with van der Waals surface area (Å²) in [6.07, 6.45) is 8.49. The highest BCUT2D eigenvalue weighted by Crippen LogP contribution is 2.37. The van der Waals surface area contributed by atoms with Gasteiger partial charge in [0.2, 0.25) is 0 Å². The van der Waals surface area contributed by atoms with Gasteiger partial charge in [-0.3, -0.25) is 14.1 Å². The summed E-state index contributed by atoms with van der Waals surface area (Å²) in [4.78, 5) is 26.4. The summed E-state index contributed by atoms with van der Waals surface area (Å²) in [5.41, 5.74) is 8.31. The molecule has 6 heteroatoms. The Morgan fingerprint density at radius 1 is 0.861 bits per heavy atom. The van der Waals surface area contributed by atoms with Gasteiger partial charge in [-0.1, -0.05) is 29.8 Å². The van der Waals surface area contributed by atoms with Crippen LogP contribution in [0.25, 0.3) is 44.9 Å². The number of aryl methyl sites for hydroxylation is 1. The van der Waals surface area contributed by atoms with Crippen molar-refractivity contribution in [2.45, 2.75) is 45.7 Å². The van der Waals surface area contributed by atoms with E-state index in [4.69, 9.17) is 4.98 Å². The van der Waals surface area contributed by atoms with Gasteiger partial charge in [0, 0.05) is 42.2 Å². The Morgan fingerprint density at radius 3 is 2.31 bits per heavy atom. The molecule has 6 nitrogen and oxygen atoms in total. The molecular weight excluding hydrogens is 446 g/mol. The number of fused-ring (bicyclic) bond motifs is 1. The average Bonchev–Trinajstić information content (AvgIpc) is 3.83. The molecule has 3 aromatic heterocycles.